The van der Waals surface area contributed by atoms with E-state index in [2.05, 4.69) is 15.9 Å². The quantitative estimate of drug-likeness (QED) is 0.614. The van der Waals surface area contributed by atoms with E-state index in [0.29, 0.717) is 9.04 Å². The van der Waals surface area contributed by atoms with Gasteiger partial charge >= 0.3 is 12.2 Å². The van der Waals surface area contributed by atoms with Crippen LogP contribution < -0.4 is 5.32 Å². The molecule has 174 valence electrons. The van der Waals surface area contributed by atoms with Crippen LogP contribution in [0.3, 0.4) is 0 Å². The number of morpholine rings is 1. The number of rotatable bonds is 3. The van der Waals surface area contributed by atoms with E-state index >= 15 is 0 Å². The van der Waals surface area contributed by atoms with Crippen LogP contribution in [0.25, 0.3) is 10.9 Å². The Balaban J connectivity index is 2.24. The Hall–Kier alpha value is -2.48. The Bertz CT molecular complexity index is 1190. The molecular formula is C19H22BrN3O8S. The molecule has 2 aromatic rings. The Morgan fingerprint density at radius 2 is 1.81 bits per heavy atom. The SMILES string of the molecule is CC(C)(C)OC(=O)NC(=O)c1c(S(=O)(=O)N2CCOCC2)c2cc(Br)ccc2n1C(=O)O. The molecule has 2 heterocycles. The molecule has 2 amide bonds. The summed E-state index contributed by atoms with van der Waals surface area (Å²) < 4.78 is 39.5. The van der Waals surface area contributed by atoms with Crippen molar-refractivity contribution in [2.45, 2.75) is 31.3 Å². The number of hydrogen-bond donors (Lipinski definition) is 2. The number of fused-ring (bicyclic) bond motifs is 1. The Labute approximate surface area is 192 Å². The molecule has 2 N–H and O–H groups in total. The molecule has 11 nitrogen and oxygen atoms in total. The van der Waals surface area contributed by atoms with Crippen LogP contribution in [0.1, 0.15) is 31.3 Å². The van der Waals surface area contributed by atoms with E-state index in [1.807, 2.05) is 5.32 Å². The maximum absolute atomic E-state index is 13.5. The van der Waals surface area contributed by atoms with Gasteiger partial charge in [0.05, 0.1) is 18.7 Å². The van der Waals surface area contributed by atoms with Crippen LogP contribution in [0.2, 0.25) is 0 Å². The van der Waals surface area contributed by atoms with Gasteiger partial charge in [0, 0.05) is 22.9 Å². The molecule has 0 saturated carbocycles. The van der Waals surface area contributed by atoms with Crippen molar-refractivity contribution < 1.29 is 37.4 Å². The lowest BCUT2D eigenvalue weighted by Gasteiger charge is -2.26. The second-order valence-corrected chi connectivity index (χ2v) is 10.7. The van der Waals surface area contributed by atoms with E-state index < -0.39 is 44.3 Å². The van der Waals surface area contributed by atoms with E-state index in [9.17, 15) is 27.9 Å². The van der Waals surface area contributed by atoms with Gasteiger partial charge in [0.1, 0.15) is 16.2 Å². The van der Waals surface area contributed by atoms with Crippen LogP contribution in [0.4, 0.5) is 9.59 Å². The van der Waals surface area contributed by atoms with Crippen molar-refractivity contribution in [1.82, 2.24) is 14.2 Å². The number of halogens is 1. The number of nitrogens with one attached hydrogen (secondary N) is 1. The number of imide groups is 1. The molecule has 1 saturated heterocycles. The number of benzene rings is 1. The lowest BCUT2D eigenvalue weighted by atomic mass is 10.2. The summed E-state index contributed by atoms with van der Waals surface area (Å²) in [7, 11) is -4.33. The van der Waals surface area contributed by atoms with E-state index in [-0.39, 0.29) is 37.2 Å². The number of ether oxygens (including phenoxy) is 2. The van der Waals surface area contributed by atoms with Crippen molar-refractivity contribution in [2.75, 3.05) is 26.3 Å². The van der Waals surface area contributed by atoms with E-state index in [0.717, 1.165) is 4.31 Å². The van der Waals surface area contributed by atoms with Crippen molar-refractivity contribution in [3.05, 3.63) is 28.4 Å². The average molecular weight is 532 g/mol. The third-order valence-electron chi connectivity index (χ3n) is 4.47. The number of aromatic nitrogens is 1. The largest absolute Gasteiger partial charge is 0.464 e. The van der Waals surface area contributed by atoms with Gasteiger partial charge in [0.15, 0.2) is 0 Å². The number of carboxylic acid groups (broad SMARTS) is 1. The van der Waals surface area contributed by atoms with Gasteiger partial charge in [-0.15, -0.1) is 0 Å². The number of amides is 2. The standard InChI is InChI=1S/C19H22BrN3O8S/c1-19(2,3)31-17(25)21-16(24)14-15(32(28,29)22-6-8-30-9-7-22)12-10-11(20)4-5-13(12)23(14)18(26)27/h4-5,10H,6-9H2,1-3H3,(H,26,27)(H,21,24,25). The first-order valence-electron chi connectivity index (χ1n) is 9.52. The smallest absolute Gasteiger partial charge is 0.416 e. The summed E-state index contributed by atoms with van der Waals surface area (Å²) in [5.74, 6) is -1.22. The summed E-state index contributed by atoms with van der Waals surface area (Å²) >= 11 is 3.25. The van der Waals surface area contributed by atoms with Crippen molar-refractivity contribution in [3.8, 4) is 0 Å². The Kier molecular flexibility index (Phi) is 6.65. The number of hydrogen-bond acceptors (Lipinski definition) is 7. The third kappa shape index (κ3) is 4.80. The Morgan fingerprint density at radius 1 is 1.19 bits per heavy atom. The first-order chi connectivity index (χ1) is 14.8. The highest BCUT2D eigenvalue weighted by molar-refractivity contribution is 9.10. The second-order valence-electron chi connectivity index (χ2n) is 7.93. The molecule has 32 heavy (non-hydrogen) atoms. The maximum Gasteiger partial charge on any atom is 0.416 e. The fraction of sp³-hybridized carbons (Fsp3) is 0.421. The van der Waals surface area contributed by atoms with Crippen LogP contribution in [0.5, 0.6) is 0 Å². The van der Waals surface area contributed by atoms with Crippen LogP contribution in [0.15, 0.2) is 27.6 Å². The van der Waals surface area contributed by atoms with Crippen LogP contribution >= 0.6 is 15.9 Å². The van der Waals surface area contributed by atoms with Crippen LogP contribution in [-0.4, -0.2) is 72.4 Å². The van der Waals surface area contributed by atoms with Crippen LogP contribution in [-0.2, 0) is 19.5 Å². The van der Waals surface area contributed by atoms with Gasteiger partial charge in [-0.1, -0.05) is 15.9 Å². The number of carbonyl (C=O) groups excluding carboxylic acids is 2. The van der Waals surface area contributed by atoms with Gasteiger partial charge in [-0.3, -0.25) is 10.1 Å². The second kappa shape index (κ2) is 8.81. The molecule has 0 bridgehead atoms. The predicted octanol–water partition coefficient (Wildman–Crippen LogP) is 2.62. The lowest BCUT2D eigenvalue weighted by Crippen LogP contribution is -2.42. The fourth-order valence-electron chi connectivity index (χ4n) is 3.27. The fourth-order valence-corrected chi connectivity index (χ4v) is 5.39. The van der Waals surface area contributed by atoms with Gasteiger partial charge in [-0.05, 0) is 39.0 Å². The zero-order valence-electron chi connectivity index (χ0n) is 17.5. The number of sulfonamides is 1. The highest BCUT2D eigenvalue weighted by atomic mass is 79.9. The van der Waals surface area contributed by atoms with Gasteiger partial charge in [-0.25, -0.2) is 22.6 Å². The minimum absolute atomic E-state index is 0.0163. The van der Waals surface area contributed by atoms with Gasteiger partial charge in [-0.2, -0.15) is 4.31 Å². The van der Waals surface area contributed by atoms with Crippen molar-refractivity contribution in [2.24, 2.45) is 0 Å². The predicted molar refractivity (Wildman–Crippen MR) is 116 cm³/mol. The van der Waals surface area contributed by atoms with E-state index in [4.69, 9.17) is 9.47 Å². The number of carbonyl (C=O) groups is 3. The Morgan fingerprint density at radius 3 is 2.38 bits per heavy atom. The van der Waals surface area contributed by atoms with Gasteiger partial charge in [0.2, 0.25) is 10.0 Å². The molecule has 1 fully saturated rings. The van der Waals surface area contributed by atoms with Crippen molar-refractivity contribution in [1.29, 1.82) is 0 Å². The summed E-state index contributed by atoms with van der Waals surface area (Å²) in [6.07, 6.45) is -2.73. The van der Waals surface area contributed by atoms with Gasteiger partial charge in [0.25, 0.3) is 5.91 Å². The van der Waals surface area contributed by atoms with E-state index in [1.54, 1.807) is 20.8 Å². The summed E-state index contributed by atoms with van der Waals surface area (Å²) in [4.78, 5) is 36.8. The molecule has 1 aliphatic rings. The average Bonchev–Trinajstić information content (AvgIpc) is 3.02. The topological polar surface area (TPSA) is 144 Å². The van der Waals surface area contributed by atoms with E-state index in [1.165, 1.54) is 18.2 Å². The summed E-state index contributed by atoms with van der Waals surface area (Å²) in [5, 5.41) is 11.8. The van der Waals surface area contributed by atoms with Crippen molar-refractivity contribution >= 4 is 54.9 Å². The molecule has 3 rings (SSSR count). The summed E-state index contributed by atoms with van der Waals surface area (Å²) in [5.41, 5.74) is -1.66. The molecule has 1 aromatic carbocycles. The number of nitrogens with zero attached hydrogens (tertiary/aromatic N) is 2. The highest BCUT2D eigenvalue weighted by Gasteiger charge is 2.38. The summed E-state index contributed by atoms with van der Waals surface area (Å²) in [6.45, 7) is 5.11. The molecule has 13 heteroatoms. The normalized spacial score (nSPS) is 15.5. The monoisotopic (exact) mass is 531 g/mol. The molecule has 1 aromatic heterocycles. The molecule has 0 spiro atoms. The molecule has 0 aliphatic carbocycles. The number of alkyl carbamates (subject to hydrolysis) is 1. The summed E-state index contributed by atoms with van der Waals surface area (Å²) in [6, 6.07) is 4.30. The first-order valence-corrected chi connectivity index (χ1v) is 11.8. The zero-order chi connectivity index (χ0) is 23.8. The lowest BCUT2D eigenvalue weighted by molar-refractivity contribution is 0.0505. The first kappa shape index (κ1) is 24.2. The zero-order valence-corrected chi connectivity index (χ0v) is 19.9. The molecule has 0 atom stereocenters. The molecule has 0 unspecified atom stereocenters. The minimum Gasteiger partial charge on any atom is -0.464 e. The van der Waals surface area contributed by atoms with Crippen molar-refractivity contribution in [3.63, 3.8) is 0 Å². The third-order valence-corrected chi connectivity index (χ3v) is 6.94. The molecular weight excluding hydrogens is 510 g/mol. The van der Waals surface area contributed by atoms with Gasteiger partial charge < -0.3 is 14.6 Å². The van der Waals surface area contributed by atoms with Crippen LogP contribution in [0, 0.1) is 0 Å². The minimum atomic E-state index is -4.33. The highest BCUT2D eigenvalue weighted by Crippen LogP contribution is 2.34. The molecule has 1 aliphatic heterocycles. The molecule has 0 radical (unpaired) electrons. The maximum atomic E-state index is 13.5.